The van der Waals surface area contributed by atoms with Crippen molar-refractivity contribution >= 4 is 23.2 Å². The molecule has 0 fully saturated rings. The normalized spacial score (nSPS) is 11.8. The first-order valence-electron chi connectivity index (χ1n) is 4.09. The standard InChI is InChI=1S/C8H2Cl2F3N3O/c9-4-1-3(8(11,12)13)6(10)15-5(4)7-16-14-2-17-7/h1-2H. The molecule has 0 unspecified atom stereocenters. The van der Waals surface area contributed by atoms with Gasteiger partial charge in [0.05, 0.1) is 10.6 Å². The summed E-state index contributed by atoms with van der Waals surface area (Å²) < 4.78 is 42.2. The van der Waals surface area contributed by atoms with Crippen LogP contribution in [0.5, 0.6) is 0 Å². The van der Waals surface area contributed by atoms with Crippen molar-refractivity contribution in [1.82, 2.24) is 15.2 Å². The van der Waals surface area contributed by atoms with Crippen LogP contribution in [0, 0.1) is 0 Å². The van der Waals surface area contributed by atoms with Crippen molar-refractivity contribution in [3.63, 3.8) is 0 Å². The van der Waals surface area contributed by atoms with E-state index in [0.717, 1.165) is 6.39 Å². The lowest BCUT2D eigenvalue weighted by Crippen LogP contribution is -2.07. The van der Waals surface area contributed by atoms with Crippen molar-refractivity contribution in [1.29, 1.82) is 0 Å². The minimum atomic E-state index is -4.62. The first-order valence-corrected chi connectivity index (χ1v) is 4.85. The fourth-order valence-corrected chi connectivity index (χ4v) is 1.57. The number of alkyl halides is 3. The van der Waals surface area contributed by atoms with Crippen LogP contribution in [0.1, 0.15) is 5.56 Å². The first kappa shape index (κ1) is 12.1. The minimum Gasteiger partial charge on any atom is -0.422 e. The van der Waals surface area contributed by atoms with Gasteiger partial charge in [-0.3, -0.25) is 0 Å². The van der Waals surface area contributed by atoms with Gasteiger partial charge in [-0.15, -0.1) is 10.2 Å². The maximum absolute atomic E-state index is 12.5. The molecule has 90 valence electrons. The maximum Gasteiger partial charge on any atom is 0.419 e. The third kappa shape index (κ3) is 2.34. The van der Waals surface area contributed by atoms with E-state index in [1.54, 1.807) is 0 Å². The van der Waals surface area contributed by atoms with E-state index >= 15 is 0 Å². The average molecular weight is 284 g/mol. The highest BCUT2D eigenvalue weighted by Crippen LogP contribution is 2.37. The van der Waals surface area contributed by atoms with Gasteiger partial charge in [0, 0.05) is 0 Å². The van der Waals surface area contributed by atoms with Crippen molar-refractivity contribution in [2.75, 3.05) is 0 Å². The van der Waals surface area contributed by atoms with Gasteiger partial charge in [0.25, 0.3) is 5.89 Å². The zero-order chi connectivity index (χ0) is 12.6. The highest BCUT2D eigenvalue weighted by Gasteiger charge is 2.35. The fourth-order valence-electron chi connectivity index (χ4n) is 1.09. The van der Waals surface area contributed by atoms with E-state index in [1.807, 2.05) is 0 Å². The van der Waals surface area contributed by atoms with Gasteiger partial charge in [0.15, 0.2) is 0 Å². The lowest BCUT2D eigenvalue weighted by atomic mass is 10.2. The molecule has 0 aliphatic heterocycles. The molecule has 4 nitrogen and oxygen atoms in total. The van der Waals surface area contributed by atoms with Gasteiger partial charge >= 0.3 is 6.18 Å². The van der Waals surface area contributed by atoms with Crippen molar-refractivity contribution in [2.24, 2.45) is 0 Å². The molecular formula is C8H2Cl2F3N3O. The molecule has 2 aromatic rings. The summed E-state index contributed by atoms with van der Waals surface area (Å²) in [5, 5.41) is 5.84. The summed E-state index contributed by atoms with van der Waals surface area (Å²) in [7, 11) is 0. The van der Waals surface area contributed by atoms with Gasteiger partial charge < -0.3 is 4.42 Å². The molecule has 0 aliphatic carbocycles. The quantitative estimate of drug-likeness (QED) is 0.752. The number of hydrogen-bond acceptors (Lipinski definition) is 4. The molecule has 9 heteroatoms. The fraction of sp³-hybridized carbons (Fsp3) is 0.125. The van der Waals surface area contributed by atoms with Crippen LogP contribution in [0.15, 0.2) is 16.9 Å². The van der Waals surface area contributed by atoms with Crippen LogP contribution in [0.2, 0.25) is 10.2 Å². The molecular weight excluding hydrogens is 282 g/mol. The summed E-state index contributed by atoms with van der Waals surface area (Å²) in [6.45, 7) is 0. The number of aromatic nitrogens is 3. The van der Waals surface area contributed by atoms with Crippen LogP contribution >= 0.6 is 23.2 Å². The Morgan fingerprint density at radius 2 is 1.94 bits per heavy atom. The second-order valence-electron chi connectivity index (χ2n) is 2.90. The zero-order valence-electron chi connectivity index (χ0n) is 7.79. The largest absolute Gasteiger partial charge is 0.422 e. The van der Waals surface area contributed by atoms with E-state index in [4.69, 9.17) is 27.6 Å². The predicted octanol–water partition coefficient (Wildman–Crippen LogP) is 3.46. The molecule has 2 rings (SSSR count). The third-order valence-corrected chi connectivity index (χ3v) is 2.37. The smallest absolute Gasteiger partial charge is 0.419 e. The summed E-state index contributed by atoms with van der Waals surface area (Å²) >= 11 is 11.1. The second-order valence-corrected chi connectivity index (χ2v) is 3.66. The number of halogens is 5. The highest BCUT2D eigenvalue weighted by molar-refractivity contribution is 6.34. The van der Waals surface area contributed by atoms with Crippen LogP contribution in [0.25, 0.3) is 11.6 Å². The molecule has 0 saturated carbocycles. The maximum atomic E-state index is 12.5. The zero-order valence-corrected chi connectivity index (χ0v) is 9.31. The molecule has 0 N–H and O–H groups in total. The number of hydrogen-bond donors (Lipinski definition) is 0. The van der Waals surface area contributed by atoms with E-state index in [1.165, 1.54) is 0 Å². The molecule has 0 atom stereocenters. The summed E-state index contributed by atoms with van der Waals surface area (Å²) in [5.41, 5.74) is -1.21. The highest BCUT2D eigenvalue weighted by atomic mass is 35.5. The Kier molecular flexibility index (Phi) is 2.96. The van der Waals surface area contributed by atoms with Crippen LogP contribution < -0.4 is 0 Å². The number of rotatable bonds is 1. The van der Waals surface area contributed by atoms with Crippen molar-refractivity contribution in [3.05, 3.63) is 28.2 Å². The lowest BCUT2D eigenvalue weighted by Gasteiger charge is -2.09. The number of nitrogens with zero attached hydrogens (tertiary/aromatic N) is 3. The SMILES string of the molecule is FC(F)(F)c1cc(Cl)c(-c2nnco2)nc1Cl. The van der Waals surface area contributed by atoms with Gasteiger partial charge in [-0.25, -0.2) is 4.98 Å². The lowest BCUT2D eigenvalue weighted by molar-refractivity contribution is -0.137. The van der Waals surface area contributed by atoms with Gasteiger partial charge in [-0.05, 0) is 6.07 Å². The van der Waals surface area contributed by atoms with Gasteiger partial charge in [-0.1, -0.05) is 23.2 Å². The van der Waals surface area contributed by atoms with Crippen LogP contribution in [-0.4, -0.2) is 15.2 Å². The monoisotopic (exact) mass is 283 g/mol. The average Bonchev–Trinajstić information content (AvgIpc) is 2.72. The third-order valence-electron chi connectivity index (χ3n) is 1.80. The molecule has 0 saturated heterocycles. The molecule has 0 aliphatic rings. The summed E-state index contributed by atoms with van der Waals surface area (Å²) in [6, 6.07) is 0.663. The minimum absolute atomic E-state index is 0.0952. The number of pyridine rings is 1. The van der Waals surface area contributed by atoms with E-state index in [0.29, 0.717) is 6.07 Å². The van der Waals surface area contributed by atoms with Crippen LogP contribution in [0.3, 0.4) is 0 Å². The van der Waals surface area contributed by atoms with E-state index < -0.39 is 16.9 Å². The molecule has 0 bridgehead atoms. The van der Waals surface area contributed by atoms with Gasteiger partial charge in [0.1, 0.15) is 10.8 Å². The topological polar surface area (TPSA) is 51.8 Å². The van der Waals surface area contributed by atoms with Gasteiger partial charge in [0.2, 0.25) is 6.39 Å². The van der Waals surface area contributed by atoms with E-state index in [9.17, 15) is 13.2 Å². The Hall–Kier alpha value is -1.34. The van der Waals surface area contributed by atoms with Crippen molar-refractivity contribution < 1.29 is 17.6 Å². The molecule has 0 spiro atoms. The van der Waals surface area contributed by atoms with E-state index in [2.05, 4.69) is 15.2 Å². The Bertz CT molecular complexity index is 542. The summed E-state index contributed by atoms with van der Waals surface area (Å²) in [5.74, 6) is -0.106. The molecule has 2 heterocycles. The Balaban J connectivity index is 2.57. The Morgan fingerprint density at radius 1 is 1.24 bits per heavy atom. The Morgan fingerprint density at radius 3 is 2.47 bits per heavy atom. The first-order chi connectivity index (χ1) is 7.89. The molecule has 17 heavy (non-hydrogen) atoms. The van der Waals surface area contributed by atoms with Crippen LogP contribution in [0.4, 0.5) is 13.2 Å². The van der Waals surface area contributed by atoms with Crippen molar-refractivity contribution in [3.8, 4) is 11.6 Å². The summed E-state index contributed by atoms with van der Waals surface area (Å²) in [6.07, 6.45) is -3.62. The predicted molar refractivity (Wildman–Crippen MR) is 52.6 cm³/mol. The van der Waals surface area contributed by atoms with Crippen molar-refractivity contribution in [2.45, 2.75) is 6.18 Å². The van der Waals surface area contributed by atoms with Crippen LogP contribution in [-0.2, 0) is 6.18 Å². The Labute approximate surface area is 102 Å². The van der Waals surface area contributed by atoms with E-state index in [-0.39, 0.29) is 16.6 Å². The molecule has 0 aromatic carbocycles. The summed E-state index contributed by atoms with van der Waals surface area (Å²) in [4.78, 5) is 3.50. The second kappa shape index (κ2) is 4.15. The molecule has 2 aromatic heterocycles. The van der Waals surface area contributed by atoms with Gasteiger partial charge in [-0.2, -0.15) is 13.2 Å². The molecule has 0 radical (unpaired) electrons. The molecule has 0 amide bonds.